The molecule has 3 heteroatoms. The molecule has 0 amide bonds. The quantitative estimate of drug-likeness (QED) is 0.670. The van der Waals surface area contributed by atoms with Crippen LogP contribution in [0.15, 0.2) is 18.3 Å². The highest BCUT2D eigenvalue weighted by atomic mass is 16.5. The molecule has 0 fully saturated rings. The molecule has 0 saturated carbocycles. The van der Waals surface area contributed by atoms with Gasteiger partial charge in [-0.2, -0.15) is 5.26 Å². The number of aromatic nitrogens is 1. The second kappa shape index (κ2) is 5.98. The van der Waals surface area contributed by atoms with Crippen molar-refractivity contribution in [3.63, 3.8) is 0 Å². The number of unbranched alkanes of at least 4 members (excludes halogenated alkanes) is 2. The van der Waals surface area contributed by atoms with Crippen molar-refractivity contribution in [2.45, 2.75) is 26.2 Å². The van der Waals surface area contributed by atoms with Gasteiger partial charge in [0.25, 0.3) is 0 Å². The minimum absolute atomic E-state index is 0.542. The Labute approximate surface area is 84.3 Å². The van der Waals surface area contributed by atoms with Crippen LogP contribution >= 0.6 is 0 Å². The molecule has 14 heavy (non-hydrogen) atoms. The number of rotatable bonds is 5. The normalized spacial score (nSPS) is 9.43. The lowest BCUT2D eigenvalue weighted by Gasteiger charge is -2.03. The standard InChI is InChI=1S/C11H14N2O/c1-2-3-4-7-14-11-8-10(9-12)5-6-13-11/h5-6,8H,2-4,7H2,1H3. The van der Waals surface area contributed by atoms with Crippen molar-refractivity contribution in [2.24, 2.45) is 0 Å². The van der Waals surface area contributed by atoms with E-state index < -0.39 is 0 Å². The molecule has 1 aromatic heterocycles. The van der Waals surface area contributed by atoms with Gasteiger partial charge in [-0.05, 0) is 12.5 Å². The lowest BCUT2D eigenvalue weighted by Crippen LogP contribution is -1.98. The number of ether oxygens (including phenoxy) is 1. The minimum Gasteiger partial charge on any atom is -0.478 e. The van der Waals surface area contributed by atoms with Crippen molar-refractivity contribution in [3.05, 3.63) is 23.9 Å². The Morgan fingerprint density at radius 1 is 1.50 bits per heavy atom. The topological polar surface area (TPSA) is 45.9 Å². The fourth-order valence-electron chi connectivity index (χ4n) is 1.09. The van der Waals surface area contributed by atoms with Gasteiger partial charge in [-0.3, -0.25) is 0 Å². The van der Waals surface area contributed by atoms with Crippen LogP contribution in [-0.2, 0) is 0 Å². The van der Waals surface area contributed by atoms with E-state index in [1.165, 1.54) is 6.42 Å². The van der Waals surface area contributed by atoms with Gasteiger partial charge < -0.3 is 4.74 Å². The molecule has 0 radical (unpaired) electrons. The van der Waals surface area contributed by atoms with Gasteiger partial charge in [-0.25, -0.2) is 4.98 Å². The lowest BCUT2D eigenvalue weighted by atomic mass is 10.3. The molecule has 0 aliphatic carbocycles. The molecule has 1 aromatic rings. The van der Waals surface area contributed by atoms with E-state index in [0.29, 0.717) is 18.1 Å². The summed E-state index contributed by atoms with van der Waals surface area (Å²) in [5.41, 5.74) is 0.588. The first kappa shape index (κ1) is 10.5. The van der Waals surface area contributed by atoms with E-state index in [9.17, 15) is 0 Å². The van der Waals surface area contributed by atoms with Gasteiger partial charge >= 0.3 is 0 Å². The van der Waals surface area contributed by atoms with Crippen LogP contribution in [0, 0.1) is 11.3 Å². The van der Waals surface area contributed by atoms with Crippen molar-refractivity contribution >= 4 is 0 Å². The molecule has 0 aliphatic rings. The Morgan fingerprint density at radius 3 is 3.07 bits per heavy atom. The third-order valence-corrected chi connectivity index (χ3v) is 1.86. The largest absolute Gasteiger partial charge is 0.478 e. The smallest absolute Gasteiger partial charge is 0.214 e. The maximum absolute atomic E-state index is 8.64. The fourth-order valence-corrected chi connectivity index (χ4v) is 1.09. The first-order valence-electron chi connectivity index (χ1n) is 4.85. The monoisotopic (exact) mass is 190 g/mol. The average Bonchev–Trinajstić information content (AvgIpc) is 2.25. The summed E-state index contributed by atoms with van der Waals surface area (Å²) in [5, 5.41) is 8.64. The van der Waals surface area contributed by atoms with Crippen LogP contribution in [0.25, 0.3) is 0 Å². The molecule has 1 rings (SSSR count). The summed E-state index contributed by atoms with van der Waals surface area (Å²) in [5.74, 6) is 0.542. The summed E-state index contributed by atoms with van der Waals surface area (Å²) in [6.07, 6.45) is 4.97. The van der Waals surface area contributed by atoms with Gasteiger partial charge in [-0.1, -0.05) is 19.8 Å². The summed E-state index contributed by atoms with van der Waals surface area (Å²) in [6.45, 7) is 2.82. The molecule has 74 valence electrons. The van der Waals surface area contributed by atoms with Crippen molar-refractivity contribution in [1.82, 2.24) is 4.98 Å². The Balaban J connectivity index is 2.39. The summed E-state index contributed by atoms with van der Waals surface area (Å²) in [4.78, 5) is 4.01. The Hall–Kier alpha value is -1.56. The number of hydrogen-bond donors (Lipinski definition) is 0. The molecule has 0 spiro atoms. The molecule has 1 heterocycles. The van der Waals surface area contributed by atoms with Crippen LogP contribution in [0.2, 0.25) is 0 Å². The van der Waals surface area contributed by atoms with Gasteiger partial charge in [0.2, 0.25) is 5.88 Å². The molecule has 0 unspecified atom stereocenters. The summed E-state index contributed by atoms with van der Waals surface area (Å²) < 4.78 is 5.39. The first-order valence-corrected chi connectivity index (χ1v) is 4.85. The summed E-state index contributed by atoms with van der Waals surface area (Å²) >= 11 is 0. The highest BCUT2D eigenvalue weighted by molar-refractivity contribution is 5.31. The predicted octanol–water partition coefficient (Wildman–Crippen LogP) is 2.52. The van der Waals surface area contributed by atoms with E-state index in [1.54, 1.807) is 18.3 Å². The van der Waals surface area contributed by atoms with E-state index in [4.69, 9.17) is 10.00 Å². The second-order valence-corrected chi connectivity index (χ2v) is 3.05. The van der Waals surface area contributed by atoms with Gasteiger partial charge in [0.1, 0.15) is 0 Å². The van der Waals surface area contributed by atoms with Crippen molar-refractivity contribution in [2.75, 3.05) is 6.61 Å². The van der Waals surface area contributed by atoms with Gasteiger partial charge in [0.15, 0.2) is 0 Å². The van der Waals surface area contributed by atoms with Gasteiger partial charge in [0.05, 0.1) is 18.2 Å². The average molecular weight is 190 g/mol. The van der Waals surface area contributed by atoms with Crippen LogP contribution < -0.4 is 4.74 Å². The third-order valence-electron chi connectivity index (χ3n) is 1.86. The molecule has 0 bridgehead atoms. The third kappa shape index (κ3) is 3.44. The van der Waals surface area contributed by atoms with E-state index in [2.05, 4.69) is 11.9 Å². The highest BCUT2D eigenvalue weighted by Gasteiger charge is 1.96. The zero-order chi connectivity index (χ0) is 10.2. The van der Waals surface area contributed by atoms with E-state index in [0.717, 1.165) is 12.8 Å². The molecule has 0 aliphatic heterocycles. The van der Waals surface area contributed by atoms with Crippen molar-refractivity contribution < 1.29 is 4.74 Å². The SMILES string of the molecule is CCCCCOc1cc(C#N)ccn1. The number of pyridine rings is 1. The molecule has 3 nitrogen and oxygen atoms in total. The van der Waals surface area contributed by atoms with Crippen molar-refractivity contribution in [3.8, 4) is 11.9 Å². The van der Waals surface area contributed by atoms with E-state index in [-0.39, 0.29) is 0 Å². The molecule has 0 saturated heterocycles. The molecular formula is C11H14N2O. The first-order chi connectivity index (χ1) is 6.86. The Kier molecular flexibility index (Phi) is 4.49. The zero-order valence-corrected chi connectivity index (χ0v) is 8.36. The van der Waals surface area contributed by atoms with Crippen LogP contribution in [-0.4, -0.2) is 11.6 Å². The molecule has 0 N–H and O–H groups in total. The van der Waals surface area contributed by atoms with E-state index in [1.807, 2.05) is 6.07 Å². The highest BCUT2D eigenvalue weighted by Crippen LogP contribution is 2.08. The number of nitrogens with zero attached hydrogens (tertiary/aromatic N) is 2. The number of hydrogen-bond acceptors (Lipinski definition) is 3. The molecule has 0 atom stereocenters. The minimum atomic E-state index is 0.542. The Morgan fingerprint density at radius 2 is 2.36 bits per heavy atom. The summed E-state index contributed by atoms with van der Waals surface area (Å²) in [7, 11) is 0. The zero-order valence-electron chi connectivity index (χ0n) is 8.36. The van der Waals surface area contributed by atoms with Crippen LogP contribution in [0.4, 0.5) is 0 Å². The maximum Gasteiger partial charge on any atom is 0.214 e. The van der Waals surface area contributed by atoms with Crippen LogP contribution in [0.1, 0.15) is 31.7 Å². The number of nitriles is 1. The Bertz CT molecular complexity index is 317. The lowest BCUT2D eigenvalue weighted by molar-refractivity contribution is 0.295. The molecule has 0 aromatic carbocycles. The van der Waals surface area contributed by atoms with Crippen LogP contribution in [0.5, 0.6) is 5.88 Å². The predicted molar refractivity (Wildman–Crippen MR) is 54.0 cm³/mol. The second-order valence-electron chi connectivity index (χ2n) is 3.05. The fraction of sp³-hybridized carbons (Fsp3) is 0.455. The van der Waals surface area contributed by atoms with Crippen molar-refractivity contribution in [1.29, 1.82) is 5.26 Å². The maximum atomic E-state index is 8.64. The van der Waals surface area contributed by atoms with Gasteiger partial charge in [-0.15, -0.1) is 0 Å². The summed E-state index contributed by atoms with van der Waals surface area (Å²) in [6, 6.07) is 5.37. The van der Waals surface area contributed by atoms with Crippen LogP contribution in [0.3, 0.4) is 0 Å². The molecular weight excluding hydrogens is 176 g/mol. The van der Waals surface area contributed by atoms with Gasteiger partial charge in [0, 0.05) is 12.3 Å². The van der Waals surface area contributed by atoms with E-state index >= 15 is 0 Å².